The van der Waals surface area contributed by atoms with E-state index < -0.39 is 0 Å². The van der Waals surface area contributed by atoms with Crippen molar-refractivity contribution in [3.63, 3.8) is 0 Å². The zero-order valence-corrected chi connectivity index (χ0v) is 8.96. The van der Waals surface area contributed by atoms with Gasteiger partial charge in [-0.3, -0.25) is 4.99 Å². The first-order chi connectivity index (χ1) is 6.83. The molecule has 1 aromatic carbocycles. The first kappa shape index (κ1) is 10.9. The molecule has 0 bridgehead atoms. The molecule has 76 valence electrons. The predicted octanol–water partition coefficient (Wildman–Crippen LogP) is 2.15. The number of benzene rings is 1. The maximum atomic E-state index is 5.68. The second-order valence-electron chi connectivity index (χ2n) is 3.33. The summed E-state index contributed by atoms with van der Waals surface area (Å²) in [5.41, 5.74) is 9.42. The number of hydrogen-bond acceptors (Lipinski definition) is 2. The second-order valence-corrected chi connectivity index (χ2v) is 3.33. The van der Waals surface area contributed by atoms with Crippen LogP contribution in [-0.2, 0) is 13.0 Å². The molecule has 0 saturated carbocycles. The SMILES string of the molecule is CCCc1cccc(CN)c1C=NC. The van der Waals surface area contributed by atoms with Crippen LogP contribution in [0.5, 0.6) is 0 Å². The highest BCUT2D eigenvalue weighted by molar-refractivity contribution is 5.83. The van der Waals surface area contributed by atoms with E-state index in [4.69, 9.17) is 5.73 Å². The van der Waals surface area contributed by atoms with Crippen LogP contribution in [-0.4, -0.2) is 13.3 Å². The average Bonchev–Trinajstić information content (AvgIpc) is 2.21. The first-order valence-corrected chi connectivity index (χ1v) is 5.06. The Kier molecular flexibility index (Phi) is 4.33. The Labute approximate surface area is 85.9 Å². The molecule has 0 radical (unpaired) electrons. The Morgan fingerprint density at radius 1 is 1.36 bits per heavy atom. The predicted molar refractivity (Wildman–Crippen MR) is 61.8 cm³/mol. The van der Waals surface area contributed by atoms with Crippen LogP contribution < -0.4 is 5.73 Å². The largest absolute Gasteiger partial charge is 0.326 e. The summed E-state index contributed by atoms with van der Waals surface area (Å²) in [6.07, 6.45) is 4.15. The highest BCUT2D eigenvalue weighted by Crippen LogP contribution is 2.14. The molecule has 0 unspecified atom stereocenters. The molecule has 0 amide bonds. The molecule has 0 aromatic heterocycles. The van der Waals surface area contributed by atoms with Gasteiger partial charge in [0.15, 0.2) is 0 Å². The quantitative estimate of drug-likeness (QED) is 0.726. The number of rotatable bonds is 4. The van der Waals surface area contributed by atoms with E-state index in [1.54, 1.807) is 7.05 Å². The van der Waals surface area contributed by atoms with Crippen molar-refractivity contribution in [2.75, 3.05) is 7.05 Å². The zero-order valence-electron chi connectivity index (χ0n) is 8.96. The summed E-state index contributed by atoms with van der Waals surface area (Å²) < 4.78 is 0. The first-order valence-electron chi connectivity index (χ1n) is 5.06. The van der Waals surface area contributed by atoms with E-state index in [0.717, 1.165) is 12.8 Å². The molecule has 0 fully saturated rings. The lowest BCUT2D eigenvalue weighted by Crippen LogP contribution is -2.04. The molecule has 2 heteroatoms. The van der Waals surface area contributed by atoms with Crippen LogP contribution in [0, 0.1) is 0 Å². The van der Waals surface area contributed by atoms with Crippen molar-refractivity contribution in [3.05, 3.63) is 34.9 Å². The fourth-order valence-electron chi connectivity index (χ4n) is 1.63. The summed E-state index contributed by atoms with van der Waals surface area (Å²) in [7, 11) is 1.79. The molecule has 0 atom stereocenters. The molecular weight excluding hydrogens is 172 g/mol. The second kappa shape index (κ2) is 5.55. The van der Waals surface area contributed by atoms with Gasteiger partial charge in [0, 0.05) is 19.8 Å². The Morgan fingerprint density at radius 3 is 2.64 bits per heavy atom. The van der Waals surface area contributed by atoms with Gasteiger partial charge in [-0.25, -0.2) is 0 Å². The molecule has 0 heterocycles. The van der Waals surface area contributed by atoms with Gasteiger partial charge in [0.25, 0.3) is 0 Å². The Morgan fingerprint density at radius 2 is 2.07 bits per heavy atom. The molecule has 0 aliphatic heterocycles. The minimum Gasteiger partial charge on any atom is -0.326 e. The summed E-state index contributed by atoms with van der Waals surface area (Å²) in [6, 6.07) is 6.29. The fraction of sp³-hybridized carbons (Fsp3) is 0.417. The van der Waals surface area contributed by atoms with Gasteiger partial charge in [-0.2, -0.15) is 0 Å². The molecule has 2 N–H and O–H groups in total. The Hall–Kier alpha value is -1.15. The van der Waals surface area contributed by atoms with E-state index in [0.29, 0.717) is 6.54 Å². The van der Waals surface area contributed by atoms with E-state index in [1.807, 2.05) is 6.21 Å². The minimum absolute atomic E-state index is 0.582. The average molecular weight is 190 g/mol. The van der Waals surface area contributed by atoms with Gasteiger partial charge in [-0.05, 0) is 23.1 Å². The molecule has 1 rings (SSSR count). The fourth-order valence-corrected chi connectivity index (χ4v) is 1.63. The standard InChI is InChI=1S/C12H18N2/c1-3-5-10-6-4-7-11(8-13)12(10)9-14-2/h4,6-7,9H,3,5,8,13H2,1-2H3. The van der Waals surface area contributed by atoms with Crippen molar-refractivity contribution in [3.8, 4) is 0 Å². The monoisotopic (exact) mass is 190 g/mol. The summed E-state index contributed by atoms with van der Waals surface area (Å²) in [4.78, 5) is 4.08. The van der Waals surface area contributed by atoms with Crippen molar-refractivity contribution in [2.45, 2.75) is 26.3 Å². The van der Waals surface area contributed by atoms with E-state index in [1.165, 1.54) is 16.7 Å². The third kappa shape index (κ3) is 2.42. The van der Waals surface area contributed by atoms with Crippen molar-refractivity contribution in [2.24, 2.45) is 10.7 Å². The van der Waals surface area contributed by atoms with Crippen LogP contribution >= 0.6 is 0 Å². The third-order valence-corrected chi connectivity index (χ3v) is 2.28. The van der Waals surface area contributed by atoms with Gasteiger partial charge in [0.2, 0.25) is 0 Å². The van der Waals surface area contributed by atoms with Crippen LogP contribution in [0.25, 0.3) is 0 Å². The Balaban J connectivity index is 3.13. The summed E-state index contributed by atoms with van der Waals surface area (Å²) >= 11 is 0. The summed E-state index contributed by atoms with van der Waals surface area (Å²) in [5.74, 6) is 0. The van der Waals surface area contributed by atoms with Crippen molar-refractivity contribution < 1.29 is 0 Å². The highest BCUT2D eigenvalue weighted by Gasteiger charge is 2.03. The molecular formula is C12H18N2. The van der Waals surface area contributed by atoms with Crippen molar-refractivity contribution in [1.82, 2.24) is 0 Å². The van der Waals surface area contributed by atoms with E-state index >= 15 is 0 Å². The van der Waals surface area contributed by atoms with Gasteiger partial charge in [-0.15, -0.1) is 0 Å². The van der Waals surface area contributed by atoms with Crippen molar-refractivity contribution >= 4 is 6.21 Å². The van der Waals surface area contributed by atoms with Gasteiger partial charge < -0.3 is 5.73 Å². The number of nitrogens with zero attached hydrogens (tertiary/aromatic N) is 1. The number of hydrogen-bond donors (Lipinski definition) is 1. The minimum atomic E-state index is 0.582. The van der Waals surface area contributed by atoms with Gasteiger partial charge in [0.1, 0.15) is 0 Å². The Bertz CT molecular complexity index is 316. The highest BCUT2D eigenvalue weighted by atomic mass is 14.6. The lowest BCUT2D eigenvalue weighted by Gasteiger charge is -2.08. The van der Waals surface area contributed by atoms with Crippen molar-refractivity contribution in [1.29, 1.82) is 0 Å². The number of aliphatic imine (C=N–C) groups is 1. The van der Waals surface area contributed by atoms with Crippen LogP contribution in [0.2, 0.25) is 0 Å². The topological polar surface area (TPSA) is 38.4 Å². The number of aryl methyl sites for hydroxylation is 1. The van der Waals surface area contributed by atoms with Crippen LogP contribution in [0.4, 0.5) is 0 Å². The maximum absolute atomic E-state index is 5.68. The molecule has 0 aliphatic rings. The lowest BCUT2D eigenvalue weighted by molar-refractivity contribution is 0.913. The zero-order chi connectivity index (χ0) is 10.4. The smallest absolute Gasteiger partial charge is 0.0287 e. The molecule has 0 saturated heterocycles. The molecule has 14 heavy (non-hydrogen) atoms. The van der Waals surface area contributed by atoms with Gasteiger partial charge in [0.05, 0.1) is 0 Å². The van der Waals surface area contributed by atoms with Crippen LogP contribution in [0.3, 0.4) is 0 Å². The molecule has 1 aromatic rings. The lowest BCUT2D eigenvalue weighted by atomic mass is 9.98. The normalized spacial score (nSPS) is 11.1. The van der Waals surface area contributed by atoms with Crippen LogP contribution in [0.15, 0.2) is 23.2 Å². The number of nitrogens with two attached hydrogens (primary N) is 1. The molecule has 2 nitrogen and oxygen atoms in total. The third-order valence-electron chi connectivity index (χ3n) is 2.28. The summed E-state index contributed by atoms with van der Waals surface area (Å²) in [6.45, 7) is 2.76. The molecule has 0 aliphatic carbocycles. The van der Waals surface area contributed by atoms with E-state index in [9.17, 15) is 0 Å². The van der Waals surface area contributed by atoms with Crippen LogP contribution in [0.1, 0.15) is 30.0 Å². The van der Waals surface area contributed by atoms with E-state index in [2.05, 4.69) is 30.1 Å². The maximum Gasteiger partial charge on any atom is 0.0287 e. The summed E-state index contributed by atoms with van der Waals surface area (Å²) in [5, 5.41) is 0. The van der Waals surface area contributed by atoms with E-state index in [-0.39, 0.29) is 0 Å². The van der Waals surface area contributed by atoms with Gasteiger partial charge >= 0.3 is 0 Å². The molecule has 0 spiro atoms. The van der Waals surface area contributed by atoms with Gasteiger partial charge in [-0.1, -0.05) is 31.5 Å².